The van der Waals surface area contributed by atoms with E-state index in [0.29, 0.717) is 9.99 Å². The number of carbonyl (C=O) groups excluding carboxylic acids is 2. The van der Waals surface area contributed by atoms with Crippen LogP contribution in [0, 0.1) is 3.57 Å². The third-order valence-electron chi connectivity index (χ3n) is 5.97. The monoisotopic (exact) mass is 609 g/mol. The smallest absolute Gasteiger partial charge is 0.416 e. The zero-order valence-electron chi connectivity index (χ0n) is 19.0. The van der Waals surface area contributed by atoms with Gasteiger partial charge >= 0.3 is 12.3 Å². The van der Waals surface area contributed by atoms with Crippen LogP contribution in [0.3, 0.4) is 0 Å². The summed E-state index contributed by atoms with van der Waals surface area (Å²) in [6, 6.07) is 20.2. The minimum absolute atomic E-state index is 0.0130. The summed E-state index contributed by atoms with van der Waals surface area (Å²) in [7, 11) is 0. The molecule has 3 aromatic rings. The molecule has 1 N–H and O–H groups in total. The number of cyclic esters (lactones) is 1. The van der Waals surface area contributed by atoms with Crippen molar-refractivity contribution in [3.63, 3.8) is 0 Å². The molecule has 2 atom stereocenters. The molecule has 5 rings (SSSR count). The Kier molecular flexibility index (Phi) is 7.99. The van der Waals surface area contributed by atoms with Crippen molar-refractivity contribution in [2.24, 2.45) is 0 Å². The van der Waals surface area contributed by atoms with Gasteiger partial charge in [-0.1, -0.05) is 54.6 Å². The molecule has 2 amide bonds. The summed E-state index contributed by atoms with van der Waals surface area (Å²) in [6.45, 7) is 0.0245. The van der Waals surface area contributed by atoms with Crippen molar-refractivity contribution in [3.8, 4) is 0 Å². The van der Waals surface area contributed by atoms with Crippen LogP contribution in [0.25, 0.3) is 0 Å². The van der Waals surface area contributed by atoms with Crippen molar-refractivity contribution >= 4 is 34.6 Å². The molecule has 0 unspecified atom stereocenters. The number of imide groups is 1. The molecule has 188 valence electrons. The Morgan fingerprint density at radius 2 is 1.69 bits per heavy atom. The van der Waals surface area contributed by atoms with Crippen molar-refractivity contribution < 1.29 is 32.6 Å². The zero-order valence-corrected chi connectivity index (χ0v) is 21.2. The first-order valence-corrected chi connectivity index (χ1v) is 12.4. The van der Waals surface area contributed by atoms with Gasteiger partial charge in [-0.25, -0.2) is 9.69 Å². The van der Waals surface area contributed by atoms with Crippen LogP contribution in [0.4, 0.5) is 18.0 Å². The maximum atomic E-state index is 13.0. The number of fused-ring (bicyclic) bond motifs is 1. The lowest BCUT2D eigenvalue weighted by atomic mass is 10.0. The lowest BCUT2D eigenvalue weighted by molar-refractivity contribution is -0.137. The highest BCUT2D eigenvalue weighted by Crippen LogP contribution is 2.34. The third kappa shape index (κ3) is 6.44. The van der Waals surface area contributed by atoms with Gasteiger partial charge in [-0.2, -0.15) is 13.2 Å². The zero-order chi connectivity index (χ0) is 25.9. The number of halogens is 4. The molecule has 0 radical (unpaired) electrons. The van der Waals surface area contributed by atoms with Gasteiger partial charge in [0.1, 0.15) is 6.61 Å². The molecule has 36 heavy (non-hydrogen) atoms. The molecule has 0 bridgehead atoms. The van der Waals surface area contributed by atoms with E-state index in [1.165, 1.54) is 23.6 Å². The van der Waals surface area contributed by atoms with Gasteiger partial charge < -0.3 is 9.84 Å². The molecule has 9 heteroatoms. The largest absolute Gasteiger partial charge is 0.447 e. The van der Waals surface area contributed by atoms with Gasteiger partial charge in [0, 0.05) is 3.57 Å². The molecule has 3 aromatic carbocycles. The van der Waals surface area contributed by atoms with E-state index < -0.39 is 42.3 Å². The second-order valence-electron chi connectivity index (χ2n) is 8.58. The Morgan fingerprint density at radius 1 is 1.06 bits per heavy atom. The first-order chi connectivity index (χ1) is 17.1. The van der Waals surface area contributed by atoms with E-state index >= 15 is 0 Å². The van der Waals surface area contributed by atoms with Gasteiger partial charge in [-0.15, -0.1) is 0 Å². The van der Waals surface area contributed by atoms with Crippen molar-refractivity contribution in [1.29, 1.82) is 0 Å². The lowest BCUT2D eigenvalue weighted by Crippen LogP contribution is -2.40. The number of ether oxygens (including phenoxy) is 1. The Hall–Kier alpha value is -2.92. The van der Waals surface area contributed by atoms with E-state index in [2.05, 4.69) is 24.3 Å². The molecule has 1 saturated heterocycles. The molecule has 1 aliphatic carbocycles. The number of nitrogens with zero attached hydrogens (tertiary/aromatic N) is 1. The van der Waals surface area contributed by atoms with Gasteiger partial charge in [-0.05, 0) is 75.9 Å². The first-order valence-electron chi connectivity index (χ1n) is 11.3. The van der Waals surface area contributed by atoms with Gasteiger partial charge in [0.25, 0.3) is 0 Å². The van der Waals surface area contributed by atoms with Crippen LogP contribution in [0.5, 0.6) is 0 Å². The number of alkyl halides is 3. The predicted molar refractivity (Wildman–Crippen MR) is 135 cm³/mol. The number of carbonyl (C=O) groups is 2. The van der Waals surface area contributed by atoms with Crippen LogP contribution in [-0.2, 0) is 28.5 Å². The molecule has 5 nitrogen and oxygen atoms in total. The van der Waals surface area contributed by atoms with Gasteiger partial charge in [0.2, 0.25) is 5.91 Å². The minimum Gasteiger partial charge on any atom is -0.447 e. The Balaban J connectivity index is 0.000000367. The maximum absolute atomic E-state index is 13.0. The van der Waals surface area contributed by atoms with Crippen LogP contribution < -0.4 is 0 Å². The summed E-state index contributed by atoms with van der Waals surface area (Å²) in [5, 5.41) is 10.4. The summed E-state index contributed by atoms with van der Waals surface area (Å²) < 4.78 is 44.3. The molecular formula is C27H23F3INO4. The van der Waals surface area contributed by atoms with Gasteiger partial charge in [0.15, 0.2) is 0 Å². The summed E-state index contributed by atoms with van der Waals surface area (Å²) >= 11 is 1.79. The van der Waals surface area contributed by atoms with Crippen molar-refractivity contribution in [1.82, 2.24) is 4.90 Å². The highest BCUT2D eigenvalue weighted by molar-refractivity contribution is 14.1. The van der Waals surface area contributed by atoms with E-state index in [-0.39, 0.29) is 12.2 Å². The molecule has 0 aromatic heterocycles. The predicted octanol–water partition coefficient (Wildman–Crippen LogP) is 5.91. The lowest BCUT2D eigenvalue weighted by Gasteiger charge is -2.22. The molecule has 0 spiro atoms. The summed E-state index contributed by atoms with van der Waals surface area (Å²) in [6.07, 6.45) is -5.77. The number of benzene rings is 3. The highest BCUT2D eigenvalue weighted by Gasteiger charge is 2.39. The van der Waals surface area contributed by atoms with Crippen molar-refractivity contribution in [3.05, 3.63) is 104 Å². The van der Waals surface area contributed by atoms with Crippen LogP contribution in [0.2, 0.25) is 0 Å². The van der Waals surface area contributed by atoms with Crippen molar-refractivity contribution in [2.45, 2.75) is 37.6 Å². The van der Waals surface area contributed by atoms with E-state index in [9.17, 15) is 27.9 Å². The van der Waals surface area contributed by atoms with E-state index in [0.717, 1.165) is 22.6 Å². The van der Waals surface area contributed by atoms with E-state index in [1.807, 2.05) is 30.3 Å². The van der Waals surface area contributed by atoms with E-state index in [4.69, 9.17) is 4.74 Å². The summed E-state index contributed by atoms with van der Waals surface area (Å²) in [5.74, 6) is -0.700. The molecule has 1 aliphatic heterocycles. The number of hydrogen-bond acceptors (Lipinski definition) is 4. The second-order valence-corrected chi connectivity index (χ2v) is 9.75. The number of aliphatic hydroxyl groups excluding tert-OH is 1. The molecule has 1 heterocycles. The standard InChI is InChI=1S/C20H17F3INO4.C7H6/c21-20(22,23)13-6-7-16(24)15(9-13)17(26)10-18(27)25-14(11-29-19(25)28)8-12-4-2-1-3-5-12;1-2-4-7-5-6(7)3-1/h1-7,9,14,17,26H,8,10-11H2;1-4H,5H2/t14-,17-;/m0./s1. The molecular weight excluding hydrogens is 586 g/mol. The highest BCUT2D eigenvalue weighted by atomic mass is 127. The van der Waals surface area contributed by atoms with Crippen LogP contribution >= 0.6 is 22.6 Å². The fraction of sp³-hybridized carbons (Fsp3) is 0.259. The van der Waals surface area contributed by atoms with Gasteiger partial charge in [0.05, 0.1) is 24.1 Å². The number of aliphatic hydroxyl groups is 1. The second kappa shape index (κ2) is 11.0. The topological polar surface area (TPSA) is 66.8 Å². The Bertz CT molecular complexity index is 1230. The van der Waals surface area contributed by atoms with Crippen LogP contribution in [0.15, 0.2) is 72.8 Å². The fourth-order valence-corrected chi connectivity index (χ4v) is 4.68. The Labute approximate surface area is 220 Å². The van der Waals surface area contributed by atoms with Crippen LogP contribution in [0.1, 0.15) is 40.3 Å². The molecule has 0 saturated carbocycles. The van der Waals surface area contributed by atoms with Crippen LogP contribution in [-0.4, -0.2) is 34.7 Å². The SMILES string of the molecule is O=C(C[C@H](O)c1cc(C(F)(F)F)ccc1I)N1C(=O)OC[C@@H]1Cc1ccccc1.c1ccc2c(c1)C2. The average molecular weight is 609 g/mol. The van der Waals surface area contributed by atoms with E-state index in [1.54, 1.807) is 22.6 Å². The maximum Gasteiger partial charge on any atom is 0.416 e. The Morgan fingerprint density at radius 3 is 2.31 bits per heavy atom. The number of hydrogen-bond donors (Lipinski definition) is 1. The fourth-order valence-electron chi connectivity index (χ4n) is 3.99. The minimum atomic E-state index is -4.57. The summed E-state index contributed by atoms with van der Waals surface area (Å²) in [5.41, 5.74) is 3.04. The molecule has 1 fully saturated rings. The molecule has 2 aliphatic rings. The average Bonchev–Trinajstić information content (AvgIpc) is 3.55. The first kappa shape index (κ1) is 26.2. The number of rotatable bonds is 5. The van der Waals surface area contributed by atoms with Gasteiger partial charge in [-0.3, -0.25) is 4.79 Å². The van der Waals surface area contributed by atoms with Crippen molar-refractivity contribution in [2.75, 3.05) is 6.61 Å². The quantitative estimate of drug-likeness (QED) is 0.286. The number of amides is 2. The third-order valence-corrected chi connectivity index (χ3v) is 6.95. The summed E-state index contributed by atoms with van der Waals surface area (Å²) in [4.78, 5) is 25.7. The normalized spacial score (nSPS) is 17.0.